The zero-order valence-corrected chi connectivity index (χ0v) is 10.6. The summed E-state index contributed by atoms with van der Waals surface area (Å²) >= 11 is 0. The molecular weight excluding hydrogens is 230 g/mol. The highest BCUT2D eigenvalue weighted by Gasteiger charge is 2.06. The Morgan fingerprint density at radius 1 is 1.22 bits per heavy atom. The average molecular weight is 247 g/mol. The van der Waals surface area contributed by atoms with E-state index in [1.54, 1.807) is 13.4 Å². The third-order valence-electron chi connectivity index (χ3n) is 2.62. The molecule has 0 amide bonds. The van der Waals surface area contributed by atoms with Gasteiger partial charge in [-0.2, -0.15) is 0 Å². The van der Waals surface area contributed by atoms with E-state index in [0.29, 0.717) is 6.61 Å². The van der Waals surface area contributed by atoms with E-state index in [9.17, 15) is 0 Å². The number of hydrogen-bond donors (Lipinski definition) is 1. The minimum absolute atomic E-state index is 0.414. The largest absolute Gasteiger partial charge is 0.497 e. The molecule has 0 atom stereocenters. The van der Waals surface area contributed by atoms with Gasteiger partial charge in [-0.3, -0.25) is 0 Å². The SMILES string of the molecule is CNCc1ccoc1COc1cccc(OC)c1. The fraction of sp³-hybridized carbons (Fsp3) is 0.286. The molecule has 18 heavy (non-hydrogen) atoms. The molecule has 96 valence electrons. The number of ether oxygens (including phenoxy) is 2. The Bertz CT molecular complexity index is 493. The van der Waals surface area contributed by atoms with Gasteiger partial charge in [0.05, 0.1) is 13.4 Å². The Morgan fingerprint density at radius 3 is 2.83 bits per heavy atom. The Labute approximate surface area is 107 Å². The molecule has 0 aliphatic carbocycles. The van der Waals surface area contributed by atoms with Crippen molar-refractivity contribution in [3.8, 4) is 11.5 Å². The van der Waals surface area contributed by atoms with Gasteiger partial charge in [-0.15, -0.1) is 0 Å². The van der Waals surface area contributed by atoms with Crippen molar-refractivity contribution >= 4 is 0 Å². The molecule has 0 bridgehead atoms. The van der Waals surface area contributed by atoms with Gasteiger partial charge in [-0.1, -0.05) is 6.07 Å². The number of nitrogens with one attached hydrogen (secondary N) is 1. The molecule has 2 rings (SSSR count). The molecular formula is C14H17NO3. The van der Waals surface area contributed by atoms with Gasteiger partial charge >= 0.3 is 0 Å². The van der Waals surface area contributed by atoms with Gasteiger partial charge in [0.1, 0.15) is 23.9 Å². The minimum Gasteiger partial charge on any atom is -0.497 e. The third-order valence-corrected chi connectivity index (χ3v) is 2.62. The summed E-state index contributed by atoms with van der Waals surface area (Å²) in [6.07, 6.45) is 1.68. The predicted octanol–water partition coefficient (Wildman–Crippen LogP) is 2.59. The van der Waals surface area contributed by atoms with Crippen LogP contribution in [0.1, 0.15) is 11.3 Å². The van der Waals surface area contributed by atoms with E-state index in [2.05, 4.69) is 5.32 Å². The van der Waals surface area contributed by atoms with Crippen molar-refractivity contribution in [1.82, 2.24) is 5.32 Å². The van der Waals surface area contributed by atoms with Gasteiger partial charge in [0.2, 0.25) is 0 Å². The molecule has 4 nitrogen and oxygen atoms in total. The van der Waals surface area contributed by atoms with E-state index in [4.69, 9.17) is 13.9 Å². The molecule has 1 aromatic heterocycles. The monoisotopic (exact) mass is 247 g/mol. The maximum absolute atomic E-state index is 5.68. The molecule has 0 fully saturated rings. The summed E-state index contributed by atoms with van der Waals surface area (Å²) in [7, 11) is 3.54. The van der Waals surface area contributed by atoms with Crippen LogP contribution in [0.15, 0.2) is 41.0 Å². The second kappa shape index (κ2) is 6.12. The van der Waals surface area contributed by atoms with Crippen LogP contribution in [0.4, 0.5) is 0 Å². The van der Waals surface area contributed by atoms with Crippen molar-refractivity contribution < 1.29 is 13.9 Å². The van der Waals surface area contributed by atoms with Crippen LogP contribution in [-0.4, -0.2) is 14.2 Å². The zero-order valence-electron chi connectivity index (χ0n) is 10.6. The normalized spacial score (nSPS) is 10.3. The quantitative estimate of drug-likeness (QED) is 0.852. The van der Waals surface area contributed by atoms with Crippen molar-refractivity contribution in [3.05, 3.63) is 47.9 Å². The fourth-order valence-corrected chi connectivity index (χ4v) is 1.68. The predicted molar refractivity (Wildman–Crippen MR) is 68.8 cm³/mol. The van der Waals surface area contributed by atoms with Gasteiger partial charge in [-0.05, 0) is 25.2 Å². The maximum Gasteiger partial charge on any atom is 0.146 e. The second-order valence-corrected chi connectivity index (χ2v) is 3.87. The van der Waals surface area contributed by atoms with E-state index in [0.717, 1.165) is 29.4 Å². The zero-order chi connectivity index (χ0) is 12.8. The highest BCUT2D eigenvalue weighted by Crippen LogP contribution is 2.21. The fourth-order valence-electron chi connectivity index (χ4n) is 1.68. The molecule has 0 radical (unpaired) electrons. The highest BCUT2D eigenvalue weighted by atomic mass is 16.5. The van der Waals surface area contributed by atoms with Crippen LogP contribution < -0.4 is 14.8 Å². The van der Waals surface area contributed by atoms with Crippen molar-refractivity contribution in [3.63, 3.8) is 0 Å². The van der Waals surface area contributed by atoms with E-state index in [-0.39, 0.29) is 0 Å². The summed E-state index contributed by atoms with van der Waals surface area (Å²) in [5, 5.41) is 3.09. The lowest BCUT2D eigenvalue weighted by molar-refractivity contribution is 0.267. The number of methoxy groups -OCH3 is 1. The summed E-state index contributed by atoms with van der Waals surface area (Å²) in [6.45, 7) is 1.19. The number of benzene rings is 1. The van der Waals surface area contributed by atoms with Crippen LogP contribution in [0.3, 0.4) is 0 Å². The first-order valence-electron chi connectivity index (χ1n) is 5.80. The molecule has 1 heterocycles. The summed E-state index contributed by atoms with van der Waals surface area (Å²) in [4.78, 5) is 0. The lowest BCUT2D eigenvalue weighted by Crippen LogP contribution is -2.07. The first-order valence-corrected chi connectivity index (χ1v) is 5.80. The van der Waals surface area contributed by atoms with E-state index in [1.807, 2.05) is 37.4 Å². The van der Waals surface area contributed by atoms with E-state index in [1.165, 1.54) is 0 Å². The lowest BCUT2D eigenvalue weighted by atomic mass is 10.2. The van der Waals surface area contributed by atoms with Gasteiger partial charge in [-0.25, -0.2) is 0 Å². The molecule has 1 aromatic carbocycles. The van der Waals surface area contributed by atoms with Crippen LogP contribution in [0.2, 0.25) is 0 Å². The van der Waals surface area contributed by atoms with Gasteiger partial charge in [0.25, 0.3) is 0 Å². The van der Waals surface area contributed by atoms with Crippen LogP contribution in [0, 0.1) is 0 Å². The first kappa shape index (κ1) is 12.5. The molecule has 2 aromatic rings. The summed E-state index contributed by atoms with van der Waals surface area (Å²) in [5.74, 6) is 2.38. The Balaban J connectivity index is 1.99. The Hall–Kier alpha value is -1.94. The molecule has 0 saturated carbocycles. The average Bonchev–Trinajstić information content (AvgIpc) is 2.85. The molecule has 1 N–H and O–H groups in total. The smallest absolute Gasteiger partial charge is 0.146 e. The van der Waals surface area contributed by atoms with Gasteiger partial charge < -0.3 is 19.2 Å². The number of furan rings is 1. The third kappa shape index (κ3) is 3.05. The second-order valence-electron chi connectivity index (χ2n) is 3.87. The number of rotatable bonds is 6. The van der Waals surface area contributed by atoms with Gasteiger partial charge in [0.15, 0.2) is 0 Å². The van der Waals surface area contributed by atoms with E-state index < -0.39 is 0 Å². The minimum atomic E-state index is 0.414. The van der Waals surface area contributed by atoms with Crippen LogP contribution in [0.25, 0.3) is 0 Å². The summed E-state index contributed by atoms with van der Waals surface area (Å²) in [6, 6.07) is 9.46. The Morgan fingerprint density at radius 2 is 2.06 bits per heavy atom. The molecule has 0 aliphatic rings. The molecule has 0 aliphatic heterocycles. The van der Waals surface area contributed by atoms with Crippen LogP contribution in [0.5, 0.6) is 11.5 Å². The first-order chi connectivity index (χ1) is 8.83. The van der Waals surface area contributed by atoms with Crippen LogP contribution in [-0.2, 0) is 13.2 Å². The highest BCUT2D eigenvalue weighted by molar-refractivity contribution is 5.33. The van der Waals surface area contributed by atoms with Crippen molar-refractivity contribution in [2.24, 2.45) is 0 Å². The molecule has 4 heteroatoms. The topological polar surface area (TPSA) is 43.6 Å². The molecule has 0 unspecified atom stereocenters. The summed E-state index contributed by atoms with van der Waals surface area (Å²) in [5.41, 5.74) is 1.11. The van der Waals surface area contributed by atoms with Gasteiger partial charge in [0, 0.05) is 18.2 Å². The van der Waals surface area contributed by atoms with Crippen molar-refractivity contribution in [1.29, 1.82) is 0 Å². The lowest BCUT2D eigenvalue weighted by Gasteiger charge is -2.07. The number of hydrogen-bond acceptors (Lipinski definition) is 4. The molecule has 0 saturated heterocycles. The van der Waals surface area contributed by atoms with E-state index >= 15 is 0 Å². The summed E-state index contributed by atoms with van der Waals surface area (Å²) < 4.78 is 16.2. The standard InChI is InChI=1S/C14H17NO3/c1-15-9-11-6-7-17-14(11)10-18-13-5-3-4-12(8-13)16-2/h3-8,15H,9-10H2,1-2H3. The maximum atomic E-state index is 5.68. The van der Waals surface area contributed by atoms with Crippen LogP contribution >= 0.6 is 0 Å². The van der Waals surface area contributed by atoms with Crippen molar-refractivity contribution in [2.45, 2.75) is 13.2 Å². The van der Waals surface area contributed by atoms with Crippen molar-refractivity contribution in [2.75, 3.05) is 14.2 Å². The molecule has 0 spiro atoms. The Kier molecular flexibility index (Phi) is 4.25.